The van der Waals surface area contributed by atoms with Crippen molar-refractivity contribution in [2.24, 2.45) is 5.92 Å². The number of carboxylic acid groups (broad SMARTS) is 1. The molecule has 0 aromatic rings. The van der Waals surface area contributed by atoms with Crippen LogP contribution in [0.4, 0.5) is 0 Å². The standard InChI is InChI=1S/C13H18O6/c1-8(2)13(17)19-7-9(3)6-18-11(14)5-10(4)12(15)16/h9H,1,4-7H2,2-3H3,(H,15,16). The Morgan fingerprint density at radius 1 is 1.16 bits per heavy atom. The molecule has 0 bridgehead atoms. The van der Waals surface area contributed by atoms with Crippen LogP contribution in [-0.4, -0.2) is 36.2 Å². The summed E-state index contributed by atoms with van der Waals surface area (Å²) >= 11 is 0. The van der Waals surface area contributed by atoms with Crippen LogP contribution in [0.25, 0.3) is 0 Å². The summed E-state index contributed by atoms with van der Waals surface area (Å²) in [6.07, 6.45) is -0.367. The predicted octanol–water partition coefficient (Wildman–Crippen LogP) is 1.32. The van der Waals surface area contributed by atoms with Crippen LogP contribution in [0, 0.1) is 5.92 Å². The Balaban J connectivity index is 3.90. The molecule has 0 amide bonds. The van der Waals surface area contributed by atoms with E-state index < -0.39 is 17.9 Å². The van der Waals surface area contributed by atoms with Gasteiger partial charge >= 0.3 is 17.9 Å². The normalized spacial score (nSPS) is 11.3. The van der Waals surface area contributed by atoms with E-state index in [2.05, 4.69) is 13.2 Å². The van der Waals surface area contributed by atoms with Crippen molar-refractivity contribution in [2.75, 3.05) is 13.2 Å². The molecule has 6 nitrogen and oxygen atoms in total. The SMILES string of the molecule is C=C(C)C(=O)OCC(C)COC(=O)CC(=C)C(=O)O. The van der Waals surface area contributed by atoms with Crippen molar-refractivity contribution < 1.29 is 29.0 Å². The number of carboxylic acids is 1. The molecule has 0 aliphatic heterocycles. The number of rotatable bonds is 8. The van der Waals surface area contributed by atoms with Crippen molar-refractivity contribution in [2.45, 2.75) is 20.3 Å². The molecule has 0 spiro atoms. The maximum atomic E-state index is 11.2. The maximum Gasteiger partial charge on any atom is 0.333 e. The van der Waals surface area contributed by atoms with Crippen LogP contribution >= 0.6 is 0 Å². The van der Waals surface area contributed by atoms with Gasteiger partial charge in [-0.2, -0.15) is 0 Å². The van der Waals surface area contributed by atoms with E-state index in [-0.39, 0.29) is 31.1 Å². The minimum Gasteiger partial charge on any atom is -0.478 e. The molecule has 0 saturated carbocycles. The number of carbonyl (C=O) groups is 3. The topological polar surface area (TPSA) is 89.9 Å². The fraction of sp³-hybridized carbons (Fsp3) is 0.462. The van der Waals surface area contributed by atoms with Crippen molar-refractivity contribution in [3.8, 4) is 0 Å². The van der Waals surface area contributed by atoms with E-state index in [0.29, 0.717) is 5.57 Å². The van der Waals surface area contributed by atoms with Crippen LogP contribution in [-0.2, 0) is 23.9 Å². The van der Waals surface area contributed by atoms with Crippen molar-refractivity contribution >= 4 is 17.9 Å². The number of esters is 2. The molecular formula is C13H18O6. The molecule has 0 heterocycles. The minimum atomic E-state index is -1.24. The quantitative estimate of drug-likeness (QED) is 0.528. The van der Waals surface area contributed by atoms with E-state index in [4.69, 9.17) is 14.6 Å². The van der Waals surface area contributed by atoms with Gasteiger partial charge in [-0.1, -0.05) is 20.1 Å². The molecule has 1 N–H and O–H groups in total. The summed E-state index contributed by atoms with van der Waals surface area (Å²) in [7, 11) is 0. The first-order valence-corrected chi connectivity index (χ1v) is 5.63. The molecule has 0 fully saturated rings. The summed E-state index contributed by atoms with van der Waals surface area (Å²) in [6, 6.07) is 0. The Labute approximate surface area is 111 Å². The van der Waals surface area contributed by atoms with Gasteiger partial charge in [0.15, 0.2) is 0 Å². The summed E-state index contributed by atoms with van der Waals surface area (Å²) < 4.78 is 9.72. The molecule has 0 radical (unpaired) electrons. The molecule has 106 valence electrons. The van der Waals surface area contributed by atoms with Crippen LogP contribution in [0.15, 0.2) is 24.3 Å². The van der Waals surface area contributed by atoms with Gasteiger partial charge in [0.1, 0.15) is 0 Å². The number of hydrogen-bond donors (Lipinski definition) is 1. The number of hydrogen-bond acceptors (Lipinski definition) is 5. The highest BCUT2D eigenvalue weighted by Gasteiger charge is 2.14. The zero-order chi connectivity index (χ0) is 15.0. The second kappa shape index (κ2) is 8.07. The van der Waals surface area contributed by atoms with E-state index in [0.717, 1.165) is 0 Å². The minimum absolute atomic E-state index is 0.0369. The van der Waals surface area contributed by atoms with Crippen molar-refractivity contribution in [3.05, 3.63) is 24.3 Å². The fourth-order valence-electron chi connectivity index (χ4n) is 0.925. The third-order valence-corrected chi connectivity index (χ3v) is 2.04. The van der Waals surface area contributed by atoms with Crippen LogP contribution in [0.1, 0.15) is 20.3 Å². The van der Waals surface area contributed by atoms with Gasteiger partial charge in [0.2, 0.25) is 0 Å². The van der Waals surface area contributed by atoms with E-state index in [1.54, 1.807) is 6.92 Å². The first-order chi connectivity index (χ1) is 8.73. The maximum absolute atomic E-state index is 11.2. The Morgan fingerprint density at radius 3 is 2.16 bits per heavy atom. The average molecular weight is 270 g/mol. The first-order valence-electron chi connectivity index (χ1n) is 5.63. The molecule has 0 aliphatic rings. The predicted molar refractivity (Wildman–Crippen MR) is 67.3 cm³/mol. The van der Waals surface area contributed by atoms with Gasteiger partial charge in [-0.25, -0.2) is 9.59 Å². The lowest BCUT2D eigenvalue weighted by Crippen LogP contribution is -2.19. The van der Waals surface area contributed by atoms with Crippen molar-refractivity contribution in [3.63, 3.8) is 0 Å². The zero-order valence-electron chi connectivity index (χ0n) is 11.1. The highest BCUT2D eigenvalue weighted by molar-refractivity contribution is 5.91. The lowest BCUT2D eigenvalue weighted by Gasteiger charge is -2.12. The Morgan fingerprint density at radius 2 is 1.68 bits per heavy atom. The molecule has 0 aliphatic carbocycles. The Hall–Kier alpha value is -2.11. The van der Waals surface area contributed by atoms with Crippen LogP contribution in [0.5, 0.6) is 0 Å². The highest BCUT2D eigenvalue weighted by atomic mass is 16.5. The van der Waals surface area contributed by atoms with Crippen LogP contribution in [0.2, 0.25) is 0 Å². The van der Waals surface area contributed by atoms with Gasteiger partial charge < -0.3 is 14.6 Å². The van der Waals surface area contributed by atoms with E-state index in [9.17, 15) is 14.4 Å². The second-order valence-electron chi connectivity index (χ2n) is 4.25. The largest absolute Gasteiger partial charge is 0.478 e. The van der Waals surface area contributed by atoms with Crippen molar-refractivity contribution in [1.82, 2.24) is 0 Å². The Bertz CT molecular complexity index is 396. The fourth-order valence-corrected chi connectivity index (χ4v) is 0.925. The highest BCUT2D eigenvalue weighted by Crippen LogP contribution is 2.04. The molecule has 0 saturated heterocycles. The number of carbonyl (C=O) groups excluding carboxylic acids is 2. The number of ether oxygens (including phenoxy) is 2. The summed E-state index contributed by atoms with van der Waals surface area (Å²) in [5.41, 5.74) is 0.0633. The molecule has 0 aromatic heterocycles. The monoisotopic (exact) mass is 270 g/mol. The molecule has 0 rings (SSSR count). The molecule has 0 aromatic carbocycles. The van der Waals surface area contributed by atoms with Crippen LogP contribution in [0.3, 0.4) is 0 Å². The van der Waals surface area contributed by atoms with E-state index >= 15 is 0 Å². The molecule has 19 heavy (non-hydrogen) atoms. The van der Waals surface area contributed by atoms with Gasteiger partial charge in [-0.05, 0) is 6.92 Å². The van der Waals surface area contributed by atoms with E-state index in [1.807, 2.05) is 0 Å². The molecule has 1 atom stereocenters. The van der Waals surface area contributed by atoms with Gasteiger partial charge in [-0.15, -0.1) is 0 Å². The molecule has 1 unspecified atom stereocenters. The van der Waals surface area contributed by atoms with Crippen molar-refractivity contribution in [1.29, 1.82) is 0 Å². The van der Waals surface area contributed by atoms with Crippen LogP contribution < -0.4 is 0 Å². The van der Waals surface area contributed by atoms with Gasteiger partial charge in [-0.3, -0.25) is 4.79 Å². The Kier molecular flexibility index (Phi) is 7.18. The summed E-state index contributed by atoms with van der Waals surface area (Å²) in [4.78, 5) is 32.8. The number of aliphatic carboxylic acids is 1. The third-order valence-electron chi connectivity index (χ3n) is 2.04. The lowest BCUT2D eigenvalue weighted by molar-refractivity contribution is -0.147. The first kappa shape index (κ1) is 16.9. The van der Waals surface area contributed by atoms with Gasteiger partial charge in [0.05, 0.1) is 19.6 Å². The molecule has 6 heteroatoms. The summed E-state index contributed by atoms with van der Waals surface area (Å²) in [5, 5.41) is 8.53. The van der Waals surface area contributed by atoms with E-state index in [1.165, 1.54) is 6.92 Å². The third kappa shape index (κ3) is 7.75. The summed E-state index contributed by atoms with van der Waals surface area (Å²) in [6.45, 7) is 10.0. The summed E-state index contributed by atoms with van der Waals surface area (Å²) in [5.74, 6) is -2.60. The zero-order valence-corrected chi connectivity index (χ0v) is 11.1. The second-order valence-corrected chi connectivity index (χ2v) is 4.25. The lowest BCUT2D eigenvalue weighted by atomic mass is 10.2. The van der Waals surface area contributed by atoms with Gasteiger partial charge in [0, 0.05) is 17.1 Å². The average Bonchev–Trinajstić information content (AvgIpc) is 2.32. The smallest absolute Gasteiger partial charge is 0.333 e. The van der Waals surface area contributed by atoms with Gasteiger partial charge in [0.25, 0.3) is 0 Å². The molecular weight excluding hydrogens is 252 g/mol.